The summed E-state index contributed by atoms with van der Waals surface area (Å²) in [5.74, 6) is -0.700. The van der Waals surface area contributed by atoms with Crippen molar-refractivity contribution in [2.45, 2.75) is 17.7 Å². The van der Waals surface area contributed by atoms with Gasteiger partial charge in [0.25, 0.3) is 0 Å². The van der Waals surface area contributed by atoms with Crippen LogP contribution in [0.3, 0.4) is 0 Å². The van der Waals surface area contributed by atoms with Gasteiger partial charge in [-0.1, -0.05) is 0 Å². The highest BCUT2D eigenvalue weighted by atomic mass is 32.2. The quantitative estimate of drug-likeness (QED) is 0.670. The summed E-state index contributed by atoms with van der Waals surface area (Å²) in [5.41, 5.74) is 6.56. The minimum Gasteiger partial charge on any atom is -0.399 e. The minimum atomic E-state index is -3.58. The summed E-state index contributed by atoms with van der Waals surface area (Å²) in [5, 5.41) is 0. The van der Waals surface area contributed by atoms with Gasteiger partial charge in [-0.25, -0.2) is 12.8 Å². The fourth-order valence-corrected chi connectivity index (χ4v) is 4.47. The number of carbonyl (C=O) groups is 1. The van der Waals surface area contributed by atoms with E-state index in [1.807, 2.05) is 0 Å². The van der Waals surface area contributed by atoms with E-state index >= 15 is 0 Å². The molecular weight excluding hydrogens is 343 g/mol. The average Bonchev–Trinajstić information content (AvgIpc) is 2.62. The van der Waals surface area contributed by atoms with Gasteiger partial charge >= 0.3 is 0 Å². The molecule has 1 fully saturated rings. The monoisotopic (exact) mass is 362 g/mol. The Balaban J connectivity index is 1.68. The first kappa shape index (κ1) is 17.6. The number of nitrogens with two attached hydrogens (primary N) is 1. The van der Waals surface area contributed by atoms with Crippen molar-refractivity contribution in [2.24, 2.45) is 5.92 Å². The number of halogens is 1. The first-order valence-corrected chi connectivity index (χ1v) is 9.47. The van der Waals surface area contributed by atoms with Crippen molar-refractivity contribution in [1.82, 2.24) is 4.31 Å². The number of carbonyl (C=O) groups excluding carboxylic acids is 1. The molecule has 1 saturated heterocycles. The highest BCUT2D eigenvalue weighted by Crippen LogP contribution is 2.26. The van der Waals surface area contributed by atoms with Gasteiger partial charge in [0, 0.05) is 30.3 Å². The summed E-state index contributed by atoms with van der Waals surface area (Å²) in [7, 11) is -3.58. The number of benzene rings is 2. The molecular formula is C18H19FN2O3S. The second-order valence-electron chi connectivity index (χ2n) is 6.12. The molecule has 0 bridgehead atoms. The van der Waals surface area contributed by atoms with Crippen LogP contribution < -0.4 is 5.73 Å². The smallest absolute Gasteiger partial charge is 0.243 e. The molecule has 2 aromatic carbocycles. The Morgan fingerprint density at radius 2 is 1.56 bits per heavy atom. The van der Waals surface area contributed by atoms with Crippen molar-refractivity contribution < 1.29 is 17.6 Å². The van der Waals surface area contributed by atoms with Crippen molar-refractivity contribution in [1.29, 1.82) is 0 Å². The van der Waals surface area contributed by atoms with E-state index in [1.54, 1.807) is 12.1 Å². The zero-order valence-electron chi connectivity index (χ0n) is 13.6. The van der Waals surface area contributed by atoms with Gasteiger partial charge in [-0.2, -0.15) is 4.31 Å². The Hall–Kier alpha value is -2.25. The molecule has 0 saturated carbocycles. The predicted molar refractivity (Wildman–Crippen MR) is 93.1 cm³/mol. The topological polar surface area (TPSA) is 80.5 Å². The van der Waals surface area contributed by atoms with Gasteiger partial charge in [-0.15, -0.1) is 0 Å². The predicted octanol–water partition coefficient (Wildman–Crippen LogP) is 2.69. The van der Waals surface area contributed by atoms with E-state index in [4.69, 9.17) is 5.73 Å². The van der Waals surface area contributed by atoms with E-state index in [0.29, 0.717) is 24.1 Å². The molecule has 0 aliphatic carbocycles. The number of anilines is 1. The number of sulfonamides is 1. The summed E-state index contributed by atoms with van der Waals surface area (Å²) >= 11 is 0. The normalized spacial score (nSPS) is 16.7. The van der Waals surface area contributed by atoms with Crippen LogP contribution in [0.25, 0.3) is 0 Å². The molecule has 1 heterocycles. The molecule has 0 amide bonds. The van der Waals surface area contributed by atoms with Gasteiger partial charge in [0.05, 0.1) is 4.90 Å². The van der Waals surface area contributed by atoms with Crippen molar-refractivity contribution in [3.8, 4) is 0 Å². The molecule has 2 aromatic rings. The molecule has 3 rings (SSSR count). The van der Waals surface area contributed by atoms with Crippen LogP contribution >= 0.6 is 0 Å². The van der Waals surface area contributed by atoms with Gasteiger partial charge in [-0.3, -0.25) is 4.79 Å². The van der Waals surface area contributed by atoms with Gasteiger partial charge < -0.3 is 5.73 Å². The zero-order chi connectivity index (χ0) is 18.0. The van der Waals surface area contributed by atoms with Crippen LogP contribution in [0.5, 0.6) is 0 Å². The summed E-state index contributed by atoms with van der Waals surface area (Å²) in [6.45, 7) is 0.564. The summed E-state index contributed by atoms with van der Waals surface area (Å²) in [6, 6.07) is 11.5. The Bertz CT molecular complexity index is 856. The Morgan fingerprint density at radius 1 is 1.00 bits per heavy atom. The van der Waals surface area contributed by atoms with Crippen molar-refractivity contribution in [3.05, 3.63) is 59.9 Å². The van der Waals surface area contributed by atoms with E-state index < -0.39 is 10.0 Å². The number of piperidine rings is 1. The summed E-state index contributed by atoms with van der Waals surface area (Å²) < 4.78 is 39.6. The number of rotatable bonds is 4. The number of nitrogen functional groups attached to an aromatic ring is 1. The number of Topliss-reactive ketones (excluding diaryl/α,β-unsaturated/α-hetero) is 1. The van der Waals surface area contributed by atoms with Crippen LogP contribution in [0, 0.1) is 11.7 Å². The molecule has 2 N–H and O–H groups in total. The van der Waals surface area contributed by atoms with Crippen molar-refractivity contribution in [2.75, 3.05) is 18.8 Å². The lowest BCUT2D eigenvalue weighted by Gasteiger charge is -2.30. The lowest BCUT2D eigenvalue weighted by atomic mass is 9.90. The molecule has 5 nitrogen and oxygen atoms in total. The van der Waals surface area contributed by atoms with Gasteiger partial charge in [0.2, 0.25) is 10.0 Å². The third-order valence-corrected chi connectivity index (χ3v) is 6.38. The Kier molecular flexibility index (Phi) is 4.87. The van der Waals surface area contributed by atoms with Crippen LogP contribution in [0.1, 0.15) is 23.2 Å². The number of hydrogen-bond donors (Lipinski definition) is 1. The fourth-order valence-electron chi connectivity index (χ4n) is 3.00. The highest BCUT2D eigenvalue weighted by Gasteiger charge is 2.32. The number of hydrogen-bond acceptors (Lipinski definition) is 4. The minimum absolute atomic E-state index is 0.0652. The lowest BCUT2D eigenvalue weighted by Crippen LogP contribution is -2.40. The van der Waals surface area contributed by atoms with Gasteiger partial charge in [0.15, 0.2) is 5.78 Å². The van der Waals surface area contributed by atoms with Crippen molar-refractivity contribution >= 4 is 21.5 Å². The van der Waals surface area contributed by atoms with E-state index in [-0.39, 0.29) is 35.5 Å². The number of ketones is 1. The zero-order valence-corrected chi connectivity index (χ0v) is 14.4. The standard InChI is InChI=1S/C18H19FN2O3S/c19-15-3-1-13(2-4-15)18(22)14-9-11-21(12-10-14)25(23,24)17-7-5-16(20)6-8-17/h1-8,14H,9-12,20H2. The highest BCUT2D eigenvalue weighted by molar-refractivity contribution is 7.89. The molecule has 0 unspecified atom stereocenters. The summed E-state index contributed by atoms with van der Waals surface area (Å²) in [4.78, 5) is 12.7. The molecule has 132 valence electrons. The molecule has 1 aliphatic rings. The first-order chi connectivity index (χ1) is 11.9. The van der Waals surface area contributed by atoms with Crippen LogP contribution in [0.2, 0.25) is 0 Å². The van der Waals surface area contributed by atoms with E-state index in [2.05, 4.69) is 0 Å². The molecule has 1 aliphatic heterocycles. The van der Waals surface area contributed by atoms with E-state index in [0.717, 1.165) is 0 Å². The van der Waals surface area contributed by atoms with Crippen molar-refractivity contribution in [3.63, 3.8) is 0 Å². The third-order valence-electron chi connectivity index (χ3n) is 4.47. The maximum absolute atomic E-state index is 13.0. The molecule has 25 heavy (non-hydrogen) atoms. The van der Waals surface area contributed by atoms with Gasteiger partial charge in [-0.05, 0) is 61.4 Å². The molecule has 0 spiro atoms. The fraction of sp³-hybridized carbons (Fsp3) is 0.278. The molecule has 0 atom stereocenters. The molecule has 7 heteroatoms. The van der Waals surface area contributed by atoms with E-state index in [1.165, 1.54) is 40.7 Å². The second-order valence-corrected chi connectivity index (χ2v) is 8.06. The summed E-state index contributed by atoms with van der Waals surface area (Å²) in [6.07, 6.45) is 0.898. The Morgan fingerprint density at radius 3 is 2.12 bits per heavy atom. The second kappa shape index (κ2) is 6.93. The van der Waals surface area contributed by atoms with Crippen LogP contribution in [0.4, 0.5) is 10.1 Å². The third kappa shape index (κ3) is 3.72. The van der Waals surface area contributed by atoms with Crippen LogP contribution in [-0.4, -0.2) is 31.6 Å². The van der Waals surface area contributed by atoms with Crippen LogP contribution in [-0.2, 0) is 10.0 Å². The first-order valence-electron chi connectivity index (χ1n) is 8.03. The number of nitrogens with zero attached hydrogens (tertiary/aromatic N) is 1. The lowest BCUT2D eigenvalue weighted by molar-refractivity contribution is 0.0875. The maximum Gasteiger partial charge on any atom is 0.243 e. The van der Waals surface area contributed by atoms with E-state index in [9.17, 15) is 17.6 Å². The van der Waals surface area contributed by atoms with Gasteiger partial charge in [0.1, 0.15) is 5.82 Å². The van der Waals surface area contributed by atoms with Crippen LogP contribution in [0.15, 0.2) is 53.4 Å². The Labute approximate surface area is 146 Å². The largest absolute Gasteiger partial charge is 0.399 e. The molecule has 0 radical (unpaired) electrons. The average molecular weight is 362 g/mol. The SMILES string of the molecule is Nc1ccc(S(=O)(=O)N2CCC(C(=O)c3ccc(F)cc3)CC2)cc1. The maximum atomic E-state index is 13.0. The molecule has 0 aromatic heterocycles.